The largest absolute Gasteiger partial charge is 0.394 e. The molecular formula is C9H12N2O4. The van der Waals surface area contributed by atoms with Crippen LogP contribution in [0.4, 0.5) is 0 Å². The Labute approximate surface area is 85.1 Å². The van der Waals surface area contributed by atoms with Gasteiger partial charge >= 0.3 is 5.69 Å². The van der Waals surface area contributed by atoms with E-state index in [0.29, 0.717) is 12.0 Å². The first-order valence-corrected chi connectivity index (χ1v) is 4.70. The minimum Gasteiger partial charge on any atom is -0.394 e. The Morgan fingerprint density at radius 3 is 2.93 bits per heavy atom. The van der Waals surface area contributed by atoms with Gasteiger partial charge in [0.1, 0.15) is 6.23 Å². The third-order valence-electron chi connectivity index (χ3n) is 2.47. The molecule has 1 aliphatic heterocycles. The highest BCUT2D eigenvalue weighted by atomic mass is 16.5. The number of rotatable bonds is 2. The Kier molecular flexibility index (Phi) is 2.45. The smallest absolute Gasteiger partial charge is 0.330 e. The van der Waals surface area contributed by atoms with Crippen LogP contribution in [0.15, 0.2) is 15.8 Å². The van der Waals surface area contributed by atoms with Crippen LogP contribution in [0, 0.1) is 6.92 Å². The Balaban J connectivity index is 2.27. The summed E-state index contributed by atoms with van der Waals surface area (Å²) in [5.74, 6) is 0. The maximum absolute atomic E-state index is 11.4. The molecule has 15 heavy (non-hydrogen) atoms. The monoisotopic (exact) mass is 212 g/mol. The SMILES string of the molecule is Cc1cn(C2C[C@@H](CO)O2)c(=O)[nH]c1=O. The van der Waals surface area contributed by atoms with Crippen LogP contribution in [-0.2, 0) is 4.74 Å². The maximum atomic E-state index is 11.4. The fraction of sp³-hybridized carbons (Fsp3) is 0.556. The van der Waals surface area contributed by atoms with Crippen LogP contribution in [-0.4, -0.2) is 27.4 Å². The molecule has 2 N–H and O–H groups in total. The molecular weight excluding hydrogens is 200 g/mol. The average molecular weight is 212 g/mol. The van der Waals surface area contributed by atoms with E-state index in [0.717, 1.165) is 0 Å². The van der Waals surface area contributed by atoms with Gasteiger partial charge in [0.25, 0.3) is 5.56 Å². The summed E-state index contributed by atoms with van der Waals surface area (Å²) >= 11 is 0. The number of nitrogens with one attached hydrogen (secondary N) is 1. The second-order valence-electron chi connectivity index (χ2n) is 3.61. The molecule has 0 amide bonds. The summed E-state index contributed by atoms with van der Waals surface area (Å²) in [6, 6.07) is 0. The van der Waals surface area contributed by atoms with Crippen LogP contribution >= 0.6 is 0 Å². The number of aryl methyl sites for hydroxylation is 1. The quantitative estimate of drug-likeness (QED) is 0.667. The Hall–Kier alpha value is -1.40. The first-order chi connectivity index (χ1) is 7.11. The average Bonchev–Trinajstić information content (AvgIpc) is 2.12. The molecule has 1 saturated heterocycles. The normalized spacial score (nSPS) is 24.9. The highest BCUT2D eigenvalue weighted by Gasteiger charge is 2.31. The first kappa shape index (κ1) is 10.1. The summed E-state index contributed by atoms with van der Waals surface area (Å²) in [6.07, 6.45) is 1.49. The number of H-pyrrole nitrogens is 1. The van der Waals surface area contributed by atoms with Crippen molar-refractivity contribution >= 4 is 0 Å². The van der Waals surface area contributed by atoms with Crippen molar-refractivity contribution < 1.29 is 9.84 Å². The van der Waals surface area contributed by atoms with Crippen LogP contribution in [0.1, 0.15) is 18.2 Å². The molecule has 1 aliphatic rings. The fourth-order valence-corrected chi connectivity index (χ4v) is 1.53. The third-order valence-corrected chi connectivity index (χ3v) is 2.47. The van der Waals surface area contributed by atoms with Crippen molar-refractivity contribution in [3.8, 4) is 0 Å². The van der Waals surface area contributed by atoms with E-state index in [4.69, 9.17) is 9.84 Å². The van der Waals surface area contributed by atoms with E-state index in [9.17, 15) is 9.59 Å². The lowest BCUT2D eigenvalue weighted by Crippen LogP contribution is -2.43. The fourth-order valence-electron chi connectivity index (χ4n) is 1.53. The molecule has 2 heterocycles. The summed E-state index contributed by atoms with van der Waals surface area (Å²) in [5, 5.41) is 8.75. The van der Waals surface area contributed by atoms with Crippen LogP contribution in [0.2, 0.25) is 0 Å². The molecule has 2 rings (SSSR count). The first-order valence-electron chi connectivity index (χ1n) is 4.70. The third kappa shape index (κ3) is 1.73. The van der Waals surface area contributed by atoms with Crippen molar-refractivity contribution in [2.75, 3.05) is 6.61 Å². The van der Waals surface area contributed by atoms with Gasteiger partial charge in [0.05, 0.1) is 12.7 Å². The summed E-state index contributed by atoms with van der Waals surface area (Å²) in [6.45, 7) is 1.57. The van der Waals surface area contributed by atoms with Crippen LogP contribution < -0.4 is 11.2 Å². The van der Waals surface area contributed by atoms with Gasteiger partial charge in [-0.2, -0.15) is 0 Å². The van der Waals surface area contributed by atoms with Gasteiger partial charge in [-0.1, -0.05) is 0 Å². The van der Waals surface area contributed by atoms with Crippen molar-refractivity contribution in [3.05, 3.63) is 32.6 Å². The molecule has 1 unspecified atom stereocenters. The zero-order valence-electron chi connectivity index (χ0n) is 8.27. The molecule has 0 bridgehead atoms. The van der Waals surface area contributed by atoms with Gasteiger partial charge in [0.15, 0.2) is 0 Å². The molecule has 0 aliphatic carbocycles. The zero-order valence-corrected chi connectivity index (χ0v) is 8.27. The lowest BCUT2D eigenvalue weighted by Gasteiger charge is -2.35. The van der Waals surface area contributed by atoms with Crippen molar-refractivity contribution in [2.24, 2.45) is 0 Å². The second-order valence-corrected chi connectivity index (χ2v) is 3.61. The van der Waals surface area contributed by atoms with Gasteiger partial charge in [-0.25, -0.2) is 4.79 Å². The van der Waals surface area contributed by atoms with Crippen molar-refractivity contribution in [1.82, 2.24) is 9.55 Å². The lowest BCUT2D eigenvalue weighted by atomic mass is 10.1. The van der Waals surface area contributed by atoms with Crippen molar-refractivity contribution in [2.45, 2.75) is 25.7 Å². The number of aliphatic hydroxyl groups excluding tert-OH is 1. The predicted molar refractivity (Wildman–Crippen MR) is 51.7 cm³/mol. The van der Waals surface area contributed by atoms with Gasteiger partial charge in [-0.05, 0) is 6.92 Å². The predicted octanol–water partition coefficient (Wildman–Crippen LogP) is -0.875. The molecule has 1 aromatic heterocycles. The molecule has 0 saturated carbocycles. The van der Waals surface area contributed by atoms with E-state index in [1.165, 1.54) is 10.8 Å². The van der Waals surface area contributed by atoms with Gasteiger partial charge in [-0.3, -0.25) is 14.3 Å². The van der Waals surface area contributed by atoms with Crippen LogP contribution in [0.25, 0.3) is 0 Å². The molecule has 0 spiro atoms. The summed E-state index contributed by atoms with van der Waals surface area (Å²) in [7, 11) is 0. The molecule has 0 radical (unpaired) electrons. The summed E-state index contributed by atoms with van der Waals surface area (Å²) < 4.78 is 6.58. The van der Waals surface area contributed by atoms with Gasteiger partial charge in [0, 0.05) is 18.2 Å². The van der Waals surface area contributed by atoms with E-state index in [-0.39, 0.29) is 24.5 Å². The van der Waals surface area contributed by atoms with Gasteiger partial charge in [0.2, 0.25) is 0 Å². The molecule has 82 valence electrons. The molecule has 6 nitrogen and oxygen atoms in total. The number of aromatic nitrogens is 2. The Bertz CT molecular complexity index is 470. The van der Waals surface area contributed by atoms with Crippen molar-refractivity contribution in [1.29, 1.82) is 0 Å². The van der Waals surface area contributed by atoms with E-state index < -0.39 is 5.69 Å². The van der Waals surface area contributed by atoms with E-state index in [1.54, 1.807) is 6.92 Å². The topological polar surface area (TPSA) is 84.3 Å². The van der Waals surface area contributed by atoms with Gasteiger partial charge in [-0.15, -0.1) is 0 Å². The number of aliphatic hydroxyl groups is 1. The van der Waals surface area contributed by atoms with E-state index in [1.807, 2.05) is 0 Å². The Morgan fingerprint density at radius 1 is 1.67 bits per heavy atom. The number of nitrogens with zero attached hydrogens (tertiary/aromatic N) is 1. The lowest BCUT2D eigenvalue weighted by molar-refractivity contribution is -0.181. The highest BCUT2D eigenvalue weighted by molar-refractivity contribution is 5.01. The minimum atomic E-state index is -0.480. The summed E-state index contributed by atoms with van der Waals surface area (Å²) in [4.78, 5) is 24.7. The van der Waals surface area contributed by atoms with E-state index >= 15 is 0 Å². The zero-order chi connectivity index (χ0) is 11.0. The number of hydrogen-bond donors (Lipinski definition) is 2. The molecule has 6 heteroatoms. The maximum Gasteiger partial charge on any atom is 0.330 e. The molecule has 1 aromatic rings. The van der Waals surface area contributed by atoms with Crippen molar-refractivity contribution in [3.63, 3.8) is 0 Å². The number of ether oxygens (including phenoxy) is 1. The Morgan fingerprint density at radius 2 is 2.33 bits per heavy atom. The standard InChI is InChI=1S/C9H12N2O4/c1-5-3-11(9(14)10-8(5)13)7-2-6(4-12)15-7/h3,6-7,12H,2,4H2,1H3,(H,10,13,14)/t6-,7?/m0/s1. The second kappa shape index (κ2) is 3.63. The summed E-state index contributed by atoms with van der Waals surface area (Å²) in [5.41, 5.74) is -0.396. The number of hydrogen-bond acceptors (Lipinski definition) is 4. The highest BCUT2D eigenvalue weighted by Crippen LogP contribution is 2.28. The minimum absolute atomic E-state index is 0.0480. The van der Waals surface area contributed by atoms with Crippen LogP contribution in [0.3, 0.4) is 0 Å². The van der Waals surface area contributed by atoms with Crippen LogP contribution in [0.5, 0.6) is 0 Å². The number of aromatic amines is 1. The van der Waals surface area contributed by atoms with Gasteiger partial charge < -0.3 is 9.84 Å². The molecule has 2 atom stereocenters. The molecule has 0 aromatic carbocycles. The van der Waals surface area contributed by atoms with E-state index in [2.05, 4.69) is 4.98 Å². The molecule has 1 fully saturated rings.